The number of ether oxygens (including phenoxy) is 2. The van der Waals surface area contributed by atoms with Crippen LogP contribution in [0.3, 0.4) is 0 Å². The van der Waals surface area contributed by atoms with Crippen molar-refractivity contribution in [1.29, 1.82) is 0 Å². The van der Waals surface area contributed by atoms with E-state index >= 15 is 0 Å². The Balaban J connectivity index is 1.23. The number of benzene rings is 1. The molecule has 2 atom stereocenters. The number of nitrogens with one attached hydrogen (secondary N) is 1. The summed E-state index contributed by atoms with van der Waals surface area (Å²) in [6, 6.07) is 8.14. The summed E-state index contributed by atoms with van der Waals surface area (Å²) in [5.74, 6) is 0.915. The molecule has 1 saturated carbocycles. The van der Waals surface area contributed by atoms with Crippen LogP contribution in [0.4, 0.5) is 5.13 Å². The van der Waals surface area contributed by atoms with Crippen molar-refractivity contribution in [1.82, 2.24) is 9.88 Å². The predicted octanol–water partition coefficient (Wildman–Crippen LogP) is 4.65. The van der Waals surface area contributed by atoms with Gasteiger partial charge in [0.1, 0.15) is 5.75 Å². The van der Waals surface area contributed by atoms with Crippen LogP contribution in [-0.2, 0) is 22.5 Å². The number of hydrogen-bond acceptors (Lipinski definition) is 6. The lowest BCUT2D eigenvalue weighted by Crippen LogP contribution is -2.44. The first kappa shape index (κ1) is 22.2. The molecule has 2 unspecified atom stereocenters. The van der Waals surface area contributed by atoms with Crippen LogP contribution in [0.25, 0.3) is 0 Å². The van der Waals surface area contributed by atoms with Crippen molar-refractivity contribution in [3.63, 3.8) is 0 Å². The van der Waals surface area contributed by atoms with E-state index in [0.29, 0.717) is 24.1 Å². The van der Waals surface area contributed by atoms with Gasteiger partial charge < -0.3 is 14.8 Å². The number of aryl methyl sites for hydroxylation is 1. The zero-order chi connectivity index (χ0) is 21.6. The summed E-state index contributed by atoms with van der Waals surface area (Å²) in [6.45, 7) is 6.82. The molecule has 4 rings (SSSR count). The molecule has 2 heterocycles. The van der Waals surface area contributed by atoms with Crippen LogP contribution < -0.4 is 10.1 Å². The number of thiazole rings is 1. The van der Waals surface area contributed by atoms with E-state index in [1.54, 1.807) is 0 Å². The summed E-state index contributed by atoms with van der Waals surface area (Å²) in [6.07, 6.45) is 6.75. The van der Waals surface area contributed by atoms with Gasteiger partial charge in [-0.25, -0.2) is 4.98 Å². The third-order valence-electron chi connectivity index (χ3n) is 5.82. The second-order valence-electron chi connectivity index (χ2n) is 8.82. The molecule has 0 bridgehead atoms. The van der Waals surface area contributed by atoms with Gasteiger partial charge in [0, 0.05) is 31.4 Å². The highest BCUT2D eigenvalue weighted by Crippen LogP contribution is 2.25. The average Bonchev–Trinajstić information content (AvgIpc) is 3.38. The fourth-order valence-corrected chi connectivity index (χ4v) is 5.21. The van der Waals surface area contributed by atoms with Crippen molar-refractivity contribution < 1.29 is 14.3 Å². The molecule has 1 N–H and O–H groups in total. The average molecular weight is 444 g/mol. The molecule has 1 aliphatic heterocycles. The Kier molecular flexibility index (Phi) is 7.58. The number of nitrogens with zero attached hydrogens (tertiary/aromatic N) is 2. The summed E-state index contributed by atoms with van der Waals surface area (Å²) in [5.41, 5.74) is 2.12. The van der Waals surface area contributed by atoms with Crippen LogP contribution in [0.2, 0.25) is 0 Å². The van der Waals surface area contributed by atoms with E-state index in [1.165, 1.54) is 24.2 Å². The normalized spacial score (nSPS) is 22.5. The number of carbonyl (C=O) groups is 1. The summed E-state index contributed by atoms with van der Waals surface area (Å²) in [7, 11) is 0. The van der Waals surface area contributed by atoms with Gasteiger partial charge in [-0.3, -0.25) is 9.69 Å². The van der Waals surface area contributed by atoms with Crippen LogP contribution in [0.15, 0.2) is 29.6 Å². The van der Waals surface area contributed by atoms with Gasteiger partial charge in [-0.05, 0) is 63.6 Å². The lowest BCUT2D eigenvalue weighted by Gasteiger charge is -2.34. The first-order valence-corrected chi connectivity index (χ1v) is 12.3. The van der Waals surface area contributed by atoms with Crippen LogP contribution in [0.5, 0.6) is 5.75 Å². The Labute approximate surface area is 189 Å². The van der Waals surface area contributed by atoms with E-state index < -0.39 is 0 Å². The molecule has 0 radical (unpaired) electrons. The van der Waals surface area contributed by atoms with Gasteiger partial charge in [0.15, 0.2) is 5.13 Å². The summed E-state index contributed by atoms with van der Waals surface area (Å²) in [4.78, 5) is 19.4. The lowest BCUT2D eigenvalue weighted by atomic mass is 10.1. The molecule has 168 valence electrons. The number of amides is 1. The van der Waals surface area contributed by atoms with Gasteiger partial charge in [-0.1, -0.05) is 12.1 Å². The first-order valence-electron chi connectivity index (χ1n) is 11.4. The molecule has 7 heteroatoms. The topological polar surface area (TPSA) is 63.7 Å². The van der Waals surface area contributed by atoms with E-state index in [0.717, 1.165) is 49.5 Å². The maximum atomic E-state index is 12.4. The molecule has 1 aliphatic carbocycles. The van der Waals surface area contributed by atoms with Crippen molar-refractivity contribution >= 4 is 22.4 Å². The zero-order valence-corrected chi connectivity index (χ0v) is 19.3. The minimum absolute atomic E-state index is 0.00312. The maximum absolute atomic E-state index is 12.4. The Hall–Kier alpha value is -1.96. The third-order valence-corrected chi connectivity index (χ3v) is 6.63. The summed E-state index contributed by atoms with van der Waals surface area (Å²) in [5, 5.41) is 5.66. The van der Waals surface area contributed by atoms with Crippen molar-refractivity contribution in [2.24, 2.45) is 0 Å². The van der Waals surface area contributed by atoms with E-state index in [1.807, 2.05) is 17.5 Å². The van der Waals surface area contributed by atoms with Crippen molar-refractivity contribution in [2.45, 2.75) is 77.2 Å². The molecular weight excluding hydrogens is 410 g/mol. The summed E-state index contributed by atoms with van der Waals surface area (Å²) >= 11 is 1.49. The number of aromatic nitrogens is 1. The number of anilines is 1. The Morgan fingerprint density at radius 1 is 1.26 bits per heavy atom. The fraction of sp³-hybridized carbons (Fsp3) is 0.583. The second-order valence-corrected chi connectivity index (χ2v) is 9.67. The Morgan fingerprint density at radius 2 is 2.03 bits per heavy atom. The van der Waals surface area contributed by atoms with E-state index in [4.69, 9.17) is 9.47 Å². The minimum Gasteiger partial charge on any atom is -0.490 e. The molecule has 31 heavy (non-hydrogen) atoms. The molecular formula is C24H33N3O3S. The smallest absolute Gasteiger partial charge is 0.226 e. The standard InChI is InChI=1S/C24H33N3O3S/c1-17-13-27(14-18(2)29-17)15-20-16-31-24(25-20)26-23(28)11-10-19-6-5-9-22(12-19)30-21-7-3-4-8-21/h5-6,9,12,16-18,21H,3-4,7-8,10-11,13-15H2,1-2H3,(H,25,26,28). The number of carbonyl (C=O) groups excluding carboxylic acids is 1. The quantitative estimate of drug-likeness (QED) is 0.644. The number of rotatable bonds is 8. The zero-order valence-electron chi connectivity index (χ0n) is 18.5. The maximum Gasteiger partial charge on any atom is 0.226 e. The molecule has 2 aromatic rings. The highest BCUT2D eigenvalue weighted by atomic mass is 32.1. The first-order chi connectivity index (χ1) is 15.0. The molecule has 1 aromatic carbocycles. The number of hydrogen-bond donors (Lipinski definition) is 1. The molecule has 2 aliphatic rings. The SMILES string of the molecule is CC1CN(Cc2csc(NC(=O)CCc3cccc(OC4CCCC4)c3)n2)CC(C)O1. The molecule has 0 spiro atoms. The Bertz CT molecular complexity index is 855. The molecule has 1 amide bonds. The van der Waals surface area contributed by atoms with Gasteiger partial charge in [0.25, 0.3) is 0 Å². The van der Waals surface area contributed by atoms with E-state index in [-0.39, 0.29) is 18.1 Å². The van der Waals surface area contributed by atoms with Gasteiger partial charge >= 0.3 is 0 Å². The molecule has 1 aromatic heterocycles. The van der Waals surface area contributed by atoms with Crippen molar-refractivity contribution in [3.05, 3.63) is 40.9 Å². The van der Waals surface area contributed by atoms with Gasteiger partial charge in [0.2, 0.25) is 5.91 Å². The van der Waals surface area contributed by atoms with Crippen LogP contribution >= 0.6 is 11.3 Å². The lowest BCUT2D eigenvalue weighted by molar-refractivity contribution is -0.116. The third kappa shape index (κ3) is 6.76. The minimum atomic E-state index is -0.00312. The predicted molar refractivity (Wildman–Crippen MR) is 124 cm³/mol. The van der Waals surface area contributed by atoms with Crippen LogP contribution in [0, 0.1) is 0 Å². The molecule has 1 saturated heterocycles. The largest absolute Gasteiger partial charge is 0.490 e. The van der Waals surface area contributed by atoms with Crippen LogP contribution in [-0.4, -0.2) is 47.2 Å². The molecule has 2 fully saturated rings. The van der Waals surface area contributed by atoms with Gasteiger partial charge in [-0.15, -0.1) is 11.3 Å². The highest BCUT2D eigenvalue weighted by Gasteiger charge is 2.23. The van der Waals surface area contributed by atoms with E-state index in [2.05, 4.69) is 41.2 Å². The fourth-order valence-electron chi connectivity index (χ4n) is 4.49. The number of morpholine rings is 1. The molecule has 6 nitrogen and oxygen atoms in total. The Morgan fingerprint density at radius 3 is 2.81 bits per heavy atom. The summed E-state index contributed by atoms with van der Waals surface area (Å²) < 4.78 is 11.9. The van der Waals surface area contributed by atoms with Gasteiger partial charge in [0.05, 0.1) is 24.0 Å². The van der Waals surface area contributed by atoms with Crippen molar-refractivity contribution in [3.8, 4) is 5.75 Å². The monoisotopic (exact) mass is 443 g/mol. The highest BCUT2D eigenvalue weighted by molar-refractivity contribution is 7.13. The van der Waals surface area contributed by atoms with E-state index in [9.17, 15) is 4.79 Å². The van der Waals surface area contributed by atoms with Crippen molar-refractivity contribution in [2.75, 3.05) is 18.4 Å². The van der Waals surface area contributed by atoms with Gasteiger partial charge in [-0.2, -0.15) is 0 Å². The second kappa shape index (κ2) is 10.6. The van der Waals surface area contributed by atoms with Crippen LogP contribution in [0.1, 0.15) is 57.2 Å².